The van der Waals surface area contributed by atoms with Gasteiger partial charge in [-0.1, -0.05) is 27.7 Å². The van der Waals surface area contributed by atoms with Crippen LogP contribution in [-0.2, 0) is 42.7 Å². The molecule has 51 heavy (non-hydrogen) atoms. The zero-order chi connectivity index (χ0) is 38.8. The second-order valence-electron chi connectivity index (χ2n) is 16.0. The van der Waals surface area contributed by atoms with Gasteiger partial charge in [-0.05, 0) is 67.9 Å². The van der Waals surface area contributed by atoms with Crippen molar-refractivity contribution in [2.24, 2.45) is 23.7 Å². The van der Waals surface area contributed by atoms with Crippen LogP contribution in [0.3, 0.4) is 0 Å². The largest absolute Gasteiger partial charge is 0.459 e. The number of aliphatic hydroxyl groups is 4. The molecule has 0 radical (unpaired) electrons. The van der Waals surface area contributed by atoms with E-state index in [1.807, 2.05) is 13.8 Å². The van der Waals surface area contributed by atoms with E-state index < -0.39 is 102 Å². The molecule has 14 nitrogen and oxygen atoms in total. The third-order valence-corrected chi connectivity index (χ3v) is 12.0. The molecule has 0 aromatic rings. The molecule has 5 N–H and O–H groups in total. The fourth-order valence-corrected chi connectivity index (χ4v) is 8.38. The average molecular weight is 734 g/mol. The van der Waals surface area contributed by atoms with Crippen LogP contribution in [0.25, 0.3) is 0 Å². The molecule has 3 fully saturated rings. The molecule has 0 spiro atoms. The second-order valence-corrected chi connectivity index (χ2v) is 16.0. The predicted molar refractivity (Wildman–Crippen MR) is 186 cm³/mol. The number of methoxy groups -OCH3 is 2. The summed E-state index contributed by atoms with van der Waals surface area (Å²) in [7, 11) is 4.75. The van der Waals surface area contributed by atoms with Crippen LogP contribution in [0.15, 0.2) is 0 Å². The minimum atomic E-state index is -1.96. The Balaban J connectivity index is 2.21. The van der Waals surface area contributed by atoms with E-state index in [2.05, 4.69) is 5.32 Å². The third-order valence-electron chi connectivity index (χ3n) is 12.0. The van der Waals surface area contributed by atoms with E-state index in [1.54, 1.807) is 55.5 Å². The van der Waals surface area contributed by atoms with Crippen molar-refractivity contribution in [3.63, 3.8) is 0 Å². The first kappa shape index (κ1) is 44.1. The number of likely N-dealkylation sites (N-methyl/N-ethyl adjacent to an activating group) is 1. The number of aliphatic hydroxyl groups excluding tert-OH is 3. The maximum atomic E-state index is 14.1. The quantitative estimate of drug-likeness (QED) is 0.228. The van der Waals surface area contributed by atoms with Crippen LogP contribution in [0.2, 0.25) is 0 Å². The van der Waals surface area contributed by atoms with Gasteiger partial charge in [-0.25, -0.2) is 0 Å². The highest BCUT2D eigenvalue weighted by molar-refractivity contribution is 5.83. The summed E-state index contributed by atoms with van der Waals surface area (Å²) in [5, 5.41) is 48.4. The van der Waals surface area contributed by atoms with Crippen molar-refractivity contribution in [3.8, 4) is 0 Å². The Kier molecular flexibility index (Phi) is 15.1. The van der Waals surface area contributed by atoms with Gasteiger partial charge in [-0.15, -0.1) is 0 Å². The Labute approximate surface area is 304 Å². The monoisotopic (exact) mass is 733 g/mol. The molecule has 0 aromatic heterocycles. The number of ether oxygens (including phenoxy) is 7. The predicted octanol–water partition coefficient (Wildman–Crippen LogP) is 2.10. The van der Waals surface area contributed by atoms with Gasteiger partial charge >= 0.3 is 5.97 Å². The number of ketones is 1. The molecule has 0 aliphatic carbocycles. The van der Waals surface area contributed by atoms with E-state index in [0.29, 0.717) is 6.42 Å². The zero-order valence-corrected chi connectivity index (χ0v) is 33.0. The number of rotatable bonds is 8. The lowest BCUT2D eigenvalue weighted by molar-refractivity contribution is -0.317. The van der Waals surface area contributed by atoms with Gasteiger partial charge in [0.05, 0.1) is 47.6 Å². The highest BCUT2D eigenvalue weighted by Gasteiger charge is 2.54. The second kappa shape index (κ2) is 17.4. The first-order chi connectivity index (χ1) is 23.6. The summed E-state index contributed by atoms with van der Waals surface area (Å²) >= 11 is 0. The van der Waals surface area contributed by atoms with E-state index >= 15 is 0 Å². The topological polar surface area (TPSA) is 192 Å². The molecule has 3 aliphatic rings. The van der Waals surface area contributed by atoms with Crippen molar-refractivity contribution in [3.05, 3.63) is 0 Å². The highest BCUT2D eigenvalue weighted by Crippen LogP contribution is 2.41. The molecule has 14 heteroatoms. The van der Waals surface area contributed by atoms with E-state index in [1.165, 1.54) is 21.1 Å². The number of hydrogen-bond donors (Lipinski definition) is 5. The van der Waals surface area contributed by atoms with Crippen LogP contribution in [0, 0.1) is 23.7 Å². The molecule has 0 saturated carbocycles. The molecule has 298 valence electrons. The number of Topliss-reactive ketones (excluding diaryl/α,β-unsaturated/α-hetero) is 1. The number of nitrogens with one attached hydrogen (secondary N) is 1. The van der Waals surface area contributed by atoms with Crippen LogP contribution in [0.1, 0.15) is 94.9 Å². The number of carbonyl (C=O) groups excluding carboxylic acids is 2. The molecular weight excluding hydrogens is 666 g/mol. The Morgan fingerprint density at radius 2 is 1.47 bits per heavy atom. The molecule has 18 atom stereocenters. The third kappa shape index (κ3) is 9.33. The normalized spacial score (nSPS) is 49.6. The van der Waals surface area contributed by atoms with Crippen LogP contribution in [0.5, 0.6) is 0 Å². The number of hydrogen-bond acceptors (Lipinski definition) is 14. The van der Waals surface area contributed by atoms with Crippen molar-refractivity contribution < 1.29 is 63.2 Å². The van der Waals surface area contributed by atoms with Crippen molar-refractivity contribution in [2.75, 3.05) is 21.3 Å². The van der Waals surface area contributed by atoms with Crippen LogP contribution < -0.4 is 5.32 Å². The van der Waals surface area contributed by atoms with Gasteiger partial charge in [-0.3, -0.25) is 9.59 Å². The van der Waals surface area contributed by atoms with Crippen molar-refractivity contribution >= 4 is 11.8 Å². The van der Waals surface area contributed by atoms with Crippen LogP contribution >= 0.6 is 0 Å². The van der Waals surface area contributed by atoms with Gasteiger partial charge in [-0.2, -0.15) is 0 Å². The van der Waals surface area contributed by atoms with E-state index in [9.17, 15) is 30.0 Å². The zero-order valence-electron chi connectivity index (χ0n) is 33.0. The maximum Gasteiger partial charge on any atom is 0.311 e. The maximum absolute atomic E-state index is 14.1. The number of esters is 1. The highest BCUT2D eigenvalue weighted by atomic mass is 16.7. The van der Waals surface area contributed by atoms with Gasteiger partial charge in [0.15, 0.2) is 12.6 Å². The standard InChI is InChI=1S/C37H67NO13/c1-14-25-37(10,44)30(41)20(4)27(39)18(2)16-36(9,46-13)32(51-34-28(40)24(38-11)15-19(3)47-34)21(5)29(22(6)33(43)49-25)50-26-17-35(8,45-12)31(42)23(7)48-26/h18-26,28-32,34,38,40-42,44H,14-17H2,1-13H3/t18-,19?,20+,21+,22-,23?,24-,25-,26+,28?,29+,30-,31+,32-,34+,35+,36-,37-/m1/s1. The van der Waals surface area contributed by atoms with Crippen molar-refractivity contribution in [1.82, 2.24) is 5.32 Å². The lowest BCUT2D eigenvalue weighted by Crippen LogP contribution is -2.61. The van der Waals surface area contributed by atoms with Gasteiger partial charge in [0.1, 0.15) is 29.7 Å². The molecule has 3 unspecified atom stereocenters. The van der Waals surface area contributed by atoms with Crippen LogP contribution in [-0.4, -0.2) is 138 Å². The smallest absolute Gasteiger partial charge is 0.311 e. The Hall–Kier alpha value is -1.30. The minimum absolute atomic E-state index is 0.109. The number of cyclic esters (lactones) is 1. The molecule has 0 amide bonds. The van der Waals surface area contributed by atoms with E-state index in [4.69, 9.17) is 33.2 Å². The summed E-state index contributed by atoms with van der Waals surface area (Å²) in [6.07, 6.45) is -8.78. The average Bonchev–Trinajstić information content (AvgIpc) is 3.09. The summed E-state index contributed by atoms with van der Waals surface area (Å²) < 4.78 is 43.7. The van der Waals surface area contributed by atoms with Crippen LogP contribution in [0.4, 0.5) is 0 Å². The number of carbonyl (C=O) groups is 2. The molecule has 3 saturated heterocycles. The van der Waals surface area contributed by atoms with Crippen molar-refractivity contribution in [1.29, 1.82) is 0 Å². The molecule has 0 bridgehead atoms. The van der Waals surface area contributed by atoms with Crippen molar-refractivity contribution in [2.45, 2.75) is 179 Å². The van der Waals surface area contributed by atoms with Gasteiger partial charge < -0.3 is 58.9 Å². The Morgan fingerprint density at radius 1 is 0.863 bits per heavy atom. The Morgan fingerprint density at radius 3 is 2.02 bits per heavy atom. The van der Waals surface area contributed by atoms with Gasteiger partial charge in [0.2, 0.25) is 0 Å². The summed E-state index contributed by atoms with van der Waals surface area (Å²) in [6, 6.07) is -0.334. The molecular formula is C37H67NO13. The lowest BCUT2D eigenvalue weighted by atomic mass is 9.74. The first-order valence-corrected chi connectivity index (χ1v) is 18.5. The summed E-state index contributed by atoms with van der Waals surface area (Å²) in [5.74, 6) is -4.47. The first-order valence-electron chi connectivity index (χ1n) is 18.5. The molecule has 3 heterocycles. The van der Waals surface area contributed by atoms with Gasteiger partial charge in [0.25, 0.3) is 0 Å². The summed E-state index contributed by atoms with van der Waals surface area (Å²) in [4.78, 5) is 28.1. The summed E-state index contributed by atoms with van der Waals surface area (Å²) in [5.41, 5.74) is -4.24. The molecule has 0 aromatic carbocycles. The van der Waals surface area contributed by atoms with Gasteiger partial charge in [0, 0.05) is 44.4 Å². The van der Waals surface area contributed by atoms with E-state index in [-0.39, 0.29) is 37.2 Å². The SMILES string of the molecule is CC[C@H]1OC(=O)[C@H](C)[C@@H](O[C@H]2C[C@](C)(OC)[C@@H](O)C(C)O2)[C@H](C)[C@@H](O[C@@H]2OC(C)C[C@@H](NC)C2O)[C@](C)(OC)C[C@@H](C)C(=O)[C@H](C)[C@@H](O)[C@]1(C)O. The minimum Gasteiger partial charge on any atom is -0.459 e. The Bertz CT molecular complexity index is 1160. The fraction of sp³-hybridized carbons (Fsp3) is 0.946. The van der Waals surface area contributed by atoms with E-state index in [0.717, 1.165) is 0 Å². The fourth-order valence-electron chi connectivity index (χ4n) is 8.38. The lowest BCUT2D eigenvalue weighted by Gasteiger charge is -2.49. The molecule has 3 aliphatic heterocycles. The summed E-state index contributed by atoms with van der Waals surface area (Å²) in [6.45, 7) is 17.0. The molecule has 3 rings (SSSR count).